The molecule has 1 amide bonds. The van der Waals surface area contributed by atoms with E-state index in [4.69, 9.17) is 13.3 Å². The zero-order chi connectivity index (χ0) is 10.3. The number of hydrogen-bond acceptors (Lipinski definition) is 4. The van der Waals surface area contributed by atoms with Crippen molar-refractivity contribution in [1.29, 1.82) is 0 Å². The molecule has 0 radical (unpaired) electrons. The molecule has 0 aromatic carbocycles. The van der Waals surface area contributed by atoms with Gasteiger partial charge >= 0.3 is 8.80 Å². The Labute approximate surface area is 79.7 Å². The summed E-state index contributed by atoms with van der Waals surface area (Å²) in [6.45, 7) is 1.78. The van der Waals surface area contributed by atoms with Crippen LogP contribution >= 0.6 is 0 Å². The van der Waals surface area contributed by atoms with Crippen molar-refractivity contribution in [1.82, 2.24) is 5.32 Å². The molecule has 0 fully saturated rings. The Balaban J connectivity index is 4.02. The Morgan fingerprint density at radius 1 is 1.23 bits per heavy atom. The highest BCUT2D eigenvalue weighted by molar-refractivity contribution is 6.61. The van der Waals surface area contributed by atoms with Crippen molar-refractivity contribution < 1.29 is 18.1 Å². The van der Waals surface area contributed by atoms with Crippen LogP contribution in [0.5, 0.6) is 0 Å². The second-order valence-electron chi connectivity index (χ2n) is 2.43. The first kappa shape index (κ1) is 12.6. The highest BCUT2D eigenvalue weighted by Gasteiger charge is 2.38. The highest BCUT2D eigenvalue weighted by Crippen LogP contribution is 2.03. The third-order valence-corrected chi connectivity index (χ3v) is 4.23. The Hall–Kier alpha value is -0.433. The Morgan fingerprint density at radius 3 is 2.00 bits per heavy atom. The molecule has 5 nitrogen and oxygen atoms in total. The van der Waals surface area contributed by atoms with Gasteiger partial charge in [0.15, 0.2) is 0 Å². The minimum Gasteiger partial charge on any atom is -0.376 e. The Kier molecular flexibility index (Phi) is 5.88. The molecule has 0 saturated carbocycles. The minimum absolute atomic E-state index is 0.0389. The molecule has 0 aromatic heterocycles. The molecule has 0 heterocycles. The molecule has 0 aromatic rings. The fourth-order valence-electron chi connectivity index (χ4n) is 0.798. The smallest absolute Gasteiger partial charge is 0.376 e. The van der Waals surface area contributed by atoms with Gasteiger partial charge < -0.3 is 18.6 Å². The summed E-state index contributed by atoms with van der Waals surface area (Å²) in [4.78, 5) is 11.0. The summed E-state index contributed by atoms with van der Waals surface area (Å²) in [6.07, 6.45) is 0.755. The summed E-state index contributed by atoms with van der Waals surface area (Å²) < 4.78 is 15.3. The van der Waals surface area contributed by atoms with E-state index < -0.39 is 8.80 Å². The maximum absolute atomic E-state index is 11.0. The molecule has 0 saturated heterocycles. The normalized spacial score (nSPS) is 11.4. The lowest BCUT2D eigenvalue weighted by Crippen LogP contribution is -2.53. The number of amides is 1. The van der Waals surface area contributed by atoms with Crippen LogP contribution < -0.4 is 5.32 Å². The highest BCUT2D eigenvalue weighted by atomic mass is 28.4. The van der Waals surface area contributed by atoms with Gasteiger partial charge in [-0.15, -0.1) is 0 Å². The van der Waals surface area contributed by atoms with E-state index in [1.54, 1.807) is 6.92 Å². The number of carbonyl (C=O) groups excluding carboxylic acids is 1. The Bertz CT molecular complexity index is 152. The SMILES string of the molecule is CCC(=O)NC[Si](OC)(OC)OC. The van der Waals surface area contributed by atoms with E-state index >= 15 is 0 Å². The largest absolute Gasteiger partial charge is 0.520 e. The van der Waals surface area contributed by atoms with Crippen LogP contribution in [0.3, 0.4) is 0 Å². The van der Waals surface area contributed by atoms with Crippen molar-refractivity contribution in [3.63, 3.8) is 0 Å². The van der Waals surface area contributed by atoms with Gasteiger partial charge in [-0.25, -0.2) is 0 Å². The second kappa shape index (κ2) is 6.09. The summed E-state index contributed by atoms with van der Waals surface area (Å²) in [5.41, 5.74) is 0. The van der Waals surface area contributed by atoms with Crippen LogP contribution in [-0.2, 0) is 18.1 Å². The first-order chi connectivity index (χ1) is 6.14. The van der Waals surface area contributed by atoms with Crippen LogP contribution in [0.15, 0.2) is 0 Å². The van der Waals surface area contributed by atoms with Gasteiger partial charge in [0.25, 0.3) is 0 Å². The van der Waals surface area contributed by atoms with Crippen LogP contribution in [0.1, 0.15) is 13.3 Å². The topological polar surface area (TPSA) is 56.8 Å². The maximum Gasteiger partial charge on any atom is 0.520 e. The molecule has 0 aliphatic heterocycles. The van der Waals surface area contributed by atoms with Crippen molar-refractivity contribution in [2.45, 2.75) is 13.3 Å². The average Bonchev–Trinajstić information content (AvgIpc) is 2.20. The van der Waals surface area contributed by atoms with Gasteiger partial charge in [-0.1, -0.05) is 6.92 Å². The lowest BCUT2D eigenvalue weighted by atomic mass is 10.5. The quantitative estimate of drug-likeness (QED) is 0.619. The van der Waals surface area contributed by atoms with Crippen LogP contribution in [-0.4, -0.2) is 42.2 Å². The number of rotatable bonds is 6. The monoisotopic (exact) mass is 207 g/mol. The summed E-state index contributed by atoms with van der Waals surface area (Å²) >= 11 is 0. The Morgan fingerprint density at radius 2 is 1.69 bits per heavy atom. The van der Waals surface area contributed by atoms with Crippen molar-refractivity contribution >= 4 is 14.7 Å². The van der Waals surface area contributed by atoms with Crippen LogP contribution in [0.25, 0.3) is 0 Å². The van der Waals surface area contributed by atoms with Gasteiger partial charge in [0.2, 0.25) is 5.91 Å². The first-order valence-corrected chi connectivity index (χ1v) is 5.99. The van der Waals surface area contributed by atoms with Gasteiger partial charge in [0.05, 0.1) is 6.17 Å². The van der Waals surface area contributed by atoms with Crippen molar-refractivity contribution in [3.05, 3.63) is 0 Å². The lowest BCUT2D eigenvalue weighted by molar-refractivity contribution is -0.120. The standard InChI is InChI=1S/C7H17NO4Si/c1-5-7(9)8-6-13(10-2,11-3)12-4/h5-6H2,1-4H3,(H,8,9). The van der Waals surface area contributed by atoms with E-state index in [1.807, 2.05) is 0 Å². The zero-order valence-electron chi connectivity index (χ0n) is 8.55. The van der Waals surface area contributed by atoms with Crippen molar-refractivity contribution in [2.75, 3.05) is 27.5 Å². The molecule has 0 aliphatic rings. The number of nitrogens with one attached hydrogen (secondary N) is 1. The fraction of sp³-hybridized carbons (Fsp3) is 0.857. The molecule has 1 N–H and O–H groups in total. The molecule has 0 bridgehead atoms. The molecule has 0 atom stereocenters. The summed E-state index contributed by atoms with van der Waals surface area (Å²) in [5, 5.41) is 2.67. The zero-order valence-corrected chi connectivity index (χ0v) is 9.55. The van der Waals surface area contributed by atoms with Crippen LogP contribution in [0, 0.1) is 0 Å². The van der Waals surface area contributed by atoms with E-state index in [1.165, 1.54) is 21.3 Å². The molecule has 6 heteroatoms. The third-order valence-electron chi connectivity index (χ3n) is 1.76. The van der Waals surface area contributed by atoms with Gasteiger partial charge in [0, 0.05) is 27.8 Å². The van der Waals surface area contributed by atoms with E-state index in [9.17, 15) is 4.79 Å². The lowest BCUT2D eigenvalue weighted by Gasteiger charge is -2.24. The van der Waals surface area contributed by atoms with Gasteiger partial charge in [-0.3, -0.25) is 4.79 Å². The van der Waals surface area contributed by atoms with E-state index in [0.29, 0.717) is 12.6 Å². The molecule has 0 aliphatic carbocycles. The summed E-state index contributed by atoms with van der Waals surface area (Å²) in [7, 11) is 1.91. The van der Waals surface area contributed by atoms with Gasteiger partial charge in [0.1, 0.15) is 0 Å². The third kappa shape index (κ3) is 3.86. The first-order valence-electron chi connectivity index (χ1n) is 4.06. The maximum atomic E-state index is 11.0. The van der Waals surface area contributed by atoms with Crippen molar-refractivity contribution in [2.24, 2.45) is 0 Å². The van der Waals surface area contributed by atoms with E-state index in [2.05, 4.69) is 5.32 Å². The molecule has 13 heavy (non-hydrogen) atoms. The molecular weight excluding hydrogens is 190 g/mol. The molecule has 0 unspecified atom stereocenters. The van der Waals surface area contributed by atoms with Gasteiger partial charge in [-0.2, -0.15) is 0 Å². The van der Waals surface area contributed by atoms with E-state index in [0.717, 1.165) is 0 Å². The molecule has 78 valence electrons. The predicted octanol–water partition coefficient (Wildman–Crippen LogP) is -0.0701. The molecule has 0 spiro atoms. The van der Waals surface area contributed by atoms with Crippen LogP contribution in [0.2, 0.25) is 0 Å². The van der Waals surface area contributed by atoms with Crippen molar-refractivity contribution in [3.8, 4) is 0 Å². The van der Waals surface area contributed by atoms with Gasteiger partial charge in [-0.05, 0) is 0 Å². The predicted molar refractivity (Wildman–Crippen MR) is 50.1 cm³/mol. The summed E-state index contributed by atoms with van der Waals surface area (Å²) in [5.74, 6) is -0.0389. The van der Waals surface area contributed by atoms with Crippen LogP contribution in [0.4, 0.5) is 0 Å². The molecule has 0 rings (SSSR count). The average molecular weight is 207 g/mol. The number of carbonyl (C=O) groups is 1. The number of hydrogen-bond donors (Lipinski definition) is 1. The minimum atomic E-state index is -2.63. The molecular formula is C7H17NO4Si. The van der Waals surface area contributed by atoms with E-state index in [-0.39, 0.29) is 5.91 Å². The second-order valence-corrected chi connectivity index (χ2v) is 5.37. The fourth-order valence-corrected chi connectivity index (χ4v) is 2.15. The summed E-state index contributed by atoms with van der Waals surface area (Å²) in [6, 6.07) is 0.